The summed E-state index contributed by atoms with van der Waals surface area (Å²) in [4.78, 5) is 33.7. The fourth-order valence-corrected chi connectivity index (χ4v) is 4.05. The number of para-hydroxylation sites is 1. The number of fused-ring (bicyclic) bond motifs is 1. The van der Waals surface area contributed by atoms with Crippen LogP contribution in [0.25, 0.3) is 17.0 Å². The Bertz CT molecular complexity index is 1210. The van der Waals surface area contributed by atoms with Gasteiger partial charge >= 0.3 is 6.09 Å². The number of imidazole rings is 1. The zero-order chi connectivity index (χ0) is 23.8. The van der Waals surface area contributed by atoms with Crippen LogP contribution in [-0.2, 0) is 4.74 Å². The number of carboxylic acid groups (broad SMARTS) is 1. The number of benzene rings is 1. The average molecular weight is 476 g/mol. The van der Waals surface area contributed by atoms with Crippen LogP contribution in [0.4, 0.5) is 25.5 Å². The van der Waals surface area contributed by atoms with Crippen LogP contribution in [0.1, 0.15) is 12.2 Å². The molecule has 180 valence electrons. The van der Waals surface area contributed by atoms with E-state index in [1.807, 2.05) is 4.90 Å². The summed E-state index contributed by atoms with van der Waals surface area (Å²) in [5.74, 6) is -0.344. The van der Waals surface area contributed by atoms with E-state index >= 15 is 0 Å². The third-order valence-electron chi connectivity index (χ3n) is 5.81. The van der Waals surface area contributed by atoms with Gasteiger partial charge in [-0.15, -0.1) is 0 Å². The molecule has 0 radical (unpaired) electrons. The molecule has 0 unspecified atom stereocenters. The fraction of sp³-hybridized carbons (Fsp3) is 0.450. The monoisotopic (exact) mass is 476 g/mol. The summed E-state index contributed by atoms with van der Waals surface area (Å²) in [7, 11) is 0. The van der Waals surface area contributed by atoms with E-state index in [1.165, 1.54) is 17.0 Å². The highest BCUT2D eigenvalue weighted by molar-refractivity contribution is 5.83. The molecule has 2 N–H and O–H groups in total. The number of nitrogens with zero attached hydrogens (tertiary/aromatic N) is 8. The SMILES string of the molecule is O=C(O)N1CCN(c2nc(N3CCOCC3)nc(-n3c(C(F)F)nc4c(O)cccc43)n2)CC1. The highest BCUT2D eigenvalue weighted by atomic mass is 19.3. The van der Waals surface area contributed by atoms with Crippen molar-refractivity contribution < 1.29 is 28.5 Å². The first-order valence-electron chi connectivity index (χ1n) is 10.7. The number of halogens is 2. The van der Waals surface area contributed by atoms with E-state index in [1.54, 1.807) is 11.0 Å². The van der Waals surface area contributed by atoms with Crippen molar-refractivity contribution in [2.75, 3.05) is 62.3 Å². The number of hydrogen-bond donors (Lipinski definition) is 2. The fourth-order valence-electron chi connectivity index (χ4n) is 4.05. The van der Waals surface area contributed by atoms with Crippen LogP contribution in [0.3, 0.4) is 0 Å². The molecule has 2 aromatic heterocycles. The Kier molecular flexibility index (Phi) is 5.73. The summed E-state index contributed by atoms with van der Waals surface area (Å²) < 4.78 is 34.5. The Morgan fingerprint density at radius 3 is 2.15 bits per heavy atom. The van der Waals surface area contributed by atoms with Crippen molar-refractivity contribution in [3.63, 3.8) is 0 Å². The zero-order valence-corrected chi connectivity index (χ0v) is 18.0. The van der Waals surface area contributed by atoms with Gasteiger partial charge in [0.2, 0.25) is 17.8 Å². The van der Waals surface area contributed by atoms with Crippen LogP contribution in [0.15, 0.2) is 18.2 Å². The molecular formula is C20H22F2N8O4. The van der Waals surface area contributed by atoms with Crippen LogP contribution in [0, 0.1) is 0 Å². The minimum atomic E-state index is -2.95. The summed E-state index contributed by atoms with van der Waals surface area (Å²) >= 11 is 0. The normalized spacial score (nSPS) is 17.1. The maximum atomic E-state index is 14.0. The molecule has 2 fully saturated rings. The highest BCUT2D eigenvalue weighted by Crippen LogP contribution is 2.32. The van der Waals surface area contributed by atoms with E-state index < -0.39 is 18.3 Å². The number of phenols is 1. The Balaban J connectivity index is 1.63. The van der Waals surface area contributed by atoms with Crippen LogP contribution in [0.5, 0.6) is 5.75 Å². The van der Waals surface area contributed by atoms with Gasteiger partial charge in [0.1, 0.15) is 11.3 Å². The standard InChI is InChI=1S/C20H22F2N8O4/c21-15(22)16-23-14-12(2-1-3-13(14)31)30(16)19-25-17(27-4-6-29(7-5-27)20(32)33)24-18(26-19)28-8-10-34-11-9-28/h1-3,15,31H,4-11H2,(H,32,33). The van der Waals surface area contributed by atoms with Gasteiger partial charge in [-0.2, -0.15) is 15.0 Å². The number of ether oxygens (including phenoxy) is 1. The highest BCUT2D eigenvalue weighted by Gasteiger charge is 2.28. The Morgan fingerprint density at radius 2 is 1.53 bits per heavy atom. The van der Waals surface area contributed by atoms with Crippen molar-refractivity contribution in [2.24, 2.45) is 0 Å². The molecule has 14 heteroatoms. The summed E-state index contributed by atoms with van der Waals surface area (Å²) in [6, 6.07) is 4.45. The Morgan fingerprint density at radius 1 is 0.912 bits per heavy atom. The number of amides is 1. The number of piperazine rings is 1. The number of alkyl halides is 2. The van der Waals surface area contributed by atoms with E-state index in [-0.39, 0.29) is 41.8 Å². The lowest BCUT2D eigenvalue weighted by Crippen LogP contribution is -2.49. The van der Waals surface area contributed by atoms with Gasteiger partial charge in [0, 0.05) is 39.3 Å². The molecule has 0 saturated carbocycles. The second-order valence-electron chi connectivity index (χ2n) is 7.84. The van der Waals surface area contributed by atoms with Crippen LogP contribution in [-0.4, -0.2) is 98.2 Å². The number of hydrogen-bond acceptors (Lipinski definition) is 9. The van der Waals surface area contributed by atoms with Gasteiger partial charge in [-0.1, -0.05) is 6.07 Å². The Labute approximate surface area is 192 Å². The molecule has 0 spiro atoms. The van der Waals surface area contributed by atoms with Gasteiger partial charge in [0.25, 0.3) is 6.43 Å². The molecule has 0 bridgehead atoms. The molecule has 1 aromatic carbocycles. The van der Waals surface area contributed by atoms with Gasteiger partial charge < -0.3 is 29.6 Å². The molecule has 3 aromatic rings. The number of morpholine rings is 1. The molecule has 4 heterocycles. The van der Waals surface area contributed by atoms with Crippen molar-refractivity contribution >= 4 is 29.0 Å². The molecule has 2 aliphatic rings. The van der Waals surface area contributed by atoms with Crippen molar-refractivity contribution in [2.45, 2.75) is 6.43 Å². The largest absolute Gasteiger partial charge is 0.506 e. The molecular weight excluding hydrogens is 454 g/mol. The molecule has 34 heavy (non-hydrogen) atoms. The first-order valence-corrected chi connectivity index (χ1v) is 10.7. The molecule has 12 nitrogen and oxygen atoms in total. The van der Waals surface area contributed by atoms with Crippen LogP contribution < -0.4 is 9.80 Å². The molecule has 0 aliphatic carbocycles. The lowest BCUT2D eigenvalue weighted by Gasteiger charge is -2.34. The van der Waals surface area contributed by atoms with E-state index in [0.717, 1.165) is 4.57 Å². The average Bonchev–Trinajstić information content (AvgIpc) is 3.26. The predicted octanol–water partition coefficient (Wildman–Crippen LogP) is 1.49. The molecule has 2 saturated heterocycles. The molecule has 1 amide bonds. The third-order valence-corrected chi connectivity index (χ3v) is 5.81. The smallest absolute Gasteiger partial charge is 0.407 e. The van der Waals surface area contributed by atoms with Crippen molar-refractivity contribution in [3.8, 4) is 11.7 Å². The van der Waals surface area contributed by atoms with Crippen molar-refractivity contribution in [1.29, 1.82) is 0 Å². The zero-order valence-electron chi connectivity index (χ0n) is 18.0. The number of anilines is 2. The van der Waals surface area contributed by atoms with E-state index in [0.29, 0.717) is 45.3 Å². The maximum Gasteiger partial charge on any atom is 0.407 e. The summed E-state index contributed by atoms with van der Waals surface area (Å²) in [6.07, 6.45) is -3.95. The minimum absolute atomic E-state index is 0.0164. The van der Waals surface area contributed by atoms with Crippen molar-refractivity contribution in [3.05, 3.63) is 24.0 Å². The van der Waals surface area contributed by atoms with Gasteiger partial charge in [-0.3, -0.25) is 4.57 Å². The third kappa shape index (κ3) is 4.00. The second kappa shape index (κ2) is 8.85. The number of aromatic nitrogens is 5. The topological polar surface area (TPSA) is 133 Å². The van der Waals surface area contributed by atoms with Crippen molar-refractivity contribution in [1.82, 2.24) is 29.4 Å². The first-order chi connectivity index (χ1) is 16.4. The number of rotatable bonds is 4. The van der Waals surface area contributed by atoms with Gasteiger partial charge in [-0.05, 0) is 12.1 Å². The summed E-state index contributed by atoms with van der Waals surface area (Å²) in [5.41, 5.74) is 0.249. The second-order valence-corrected chi connectivity index (χ2v) is 7.84. The summed E-state index contributed by atoms with van der Waals surface area (Å²) in [6.45, 7) is 3.17. The molecule has 0 atom stereocenters. The Hall–Kier alpha value is -3.81. The maximum absolute atomic E-state index is 14.0. The van der Waals surface area contributed by atoms with Gasteiger partial charge in [0.15, 0.2) is 5.82 Å². The summed E-state index contributed by atoms with van der Waals surface area (Å²) in [5, 5.41) is 19.4. The van der Waals surface area contributed by atoms with E-state index in [4.69, 9.17) is 4.74 Å². The van der Waals surface area contributed by atoms with E-state index in [2.05, 4.69) is 19.9 Å². The van der Waals surface area contributed by atoms with Gasteiger partial charge in [0.05, 0.1) is 18.7 Å². The molecule has 2 aliphatic heterocycles. The number of phenolic OH excluding ortho intramolecular Hbond substituents is 1. The van der Waals surface area contributed by atoms with Gasteiger partial charge in [-0.25, -0.2) is 18.6 Å². The van der Waals surface area contributed by atoms with Crippen LogP contribution >= 0.6 is 0 Å². The first kappa shape index (κ1) is 22.0. The van der Waals surface area contributed by atoms with E-state index in [9.17, 15) is 23.8 Å². The minimum Gasteiger partial charge on any atom is -0.506 e. The molecule has 5 rings (SSSR count). The quantitative estimate of drug-likeness (QED) is 0.571. The predicted molar refractivity (Wildman–Crippen MR) is 116 cm³/mol. The lowest BCUT2D eigenvalue weighted by molar-refractivity contribution is 0.122. The number of aromatic hydroxyl groups is 1. The number of carbonyl (C=O) groups is 1. The lowest BCUT2D eigenvalue weighted by atomic mass is 10.3. The van der Waals surface area contributed by atoms with Crippen LogP contribution in [0.2, 0.25) is 0 Å².